The van der Waals surface area contributed by atoms with Crippen LogP contribution in [0.25, 0.3) is 0 Å². The van der Waals surface area contributed by atoms with Crippen LogP contribution in [0, 0.1) is 0 Å². The number of nitrogens with zero attached hydrogens (tertiary/aromatic N) is 1. The molecule has 0 radical (unpaired) electrons. The molecule has 1 aliphatic rings. The maximum atomic E-state index is 4.99. The van der Waals surface area contributed by atoms with Gasteiger partial charge in [-0.15, -0.1) is 0 Å². The summed E-state index contributed by atoms with van der Waals surface area (Å²) in [6.07, 6.45) is 0. The van der Waals surface area contributed by atoms with Crippen LogP contribution in [0.4, 0.5) is 0 Å². The molecule has 1 saturated heterocycles. The van der Waals surface area contributed by atoms with E-state index < -0.39 is 0 Å². The van der Waals surface area contributed by atoms with Gasteiger partial charge in [0.15, 0.2) is 0 Å². The van der Waals surface area contributed by atoms with Crippen molar-refractivity contribution in [2.75, 3.05) is 57.9 Å². The summed E-state index contributed by atoms with van der Waals surface area (Å²) in [7, 11) is 1.76. The van der Waals surface area contributed by atoms with Crippen molar-refractivity contribution in [1.29, 1.82) is 0 Å². The number of hydrogen-bond acceptors (Lipinski definition) is 4. The molecule has 3 nitrogen and oxygen atoms in total. The number of piperazine rings is 1. The van der Waals surface area contributed by atoms with Gasteiger partial charge in [-0.25, -0.2) is 0 Å². The van der Waals surface area contributed by atoms with E-state index in [9.17, 15) is 0 Å². The van der Waals surface area contributed by atoms with Crippen LogP contribution in [-0.4, -0.2) is 62.8 Å². The fourth-order valence-electron chi connectivity index (χ4n) is 1.37. The topological polar surface area (TPSA) is 24.5 Å². The molecule has 0 unspecified atom stereocenters. The maximum Gasteiger partial charge on any atom is 0.0552 e. The van der Waals surface area contributed by atoms with Crippen LogP contribution < -0.4 is 5.32 Å². The Morgan fingerprint density at radius 2 is 2.08 bits per heavy atom. The van der Waals surface area contributed by atoms with E-state index in [1.165, 1.54) is 25.4 Å². The number of nitrogens with one attached hydrogen (secondary N) is 1. The van der Waals surface area contributed by atoms with Crippen LogP contribution in [0.15, 0.2) is 0 Å². The monoisotopic (exact) mass is 204 g/mol. The zero-order valence-electron chi connectivity index (χ0n) is 8.42. The molecule has 0 bridgehead atoms. The molecule has 0 aromatic heterocycles. The fourth-order valence-corrected chi connectivity index (χ4v) is 2.25. The average Bonchev–Trinajstić information content (AvgIpc) is 2.19. The van der Waals surface area contributed by atoms with Gasteiger partial charge in [0.1, 0.15) is 0 Å². The van der Waals surface area contributed by atoms with Crippen LogP contribution in [0.1, 0.15) is 0 Å². The summed E-state index contributed by atoms with van der Waals surface area (Å²) >= 11 is 1.98. The lowest BCUT2D eigenvalue weighted by Gasteiger charge is -2.26. The van der Waals surface area contributed by atoms with Gasteiger partial charge in [-0.05, 0) is 0 Å². The van der Waals surface area contributed by atoms with Gasteiger partial charge in [-0.3, -0.25) is 4.90 Å². The zero-order valence-corrected chi connectivity index (χ0v) is 9.24. The molecule has 0 amide bonds. The Bertz CT molecular complexity index is 118. The van der Waals surface area contributed by atoms with Crippen LogP contribution >= 0.6 is 11.8 Å². The first-order valence-electron chi connectivity index (χ1n) is 4.93. The molecule has 1 N–H and O–H groups in total. The molecule has 0 atom stereocenters. The van der Waals surface area contributed by atoms with Gasteiger partial charge < -0.3 is 10.1 Å². The molecule has 0 aromatic rings. The van der Waals surface area contributed by atoms with Crippen molar-refractivity contribution >= 4 is 11.8 Å². The van der Waals surface area contributed by atoms with Crippen LogP contribution in [0.3, 0.4) is 0 Å². The van der Waals surface area contributed by atoms with E-state index in [1.807, 2.05) is 11.8 Å². The summed E-state index contributed by atoms with van der Waals surface area (Å²) in [5, 5.41) is 3.36. The lowest BCUT2D eigenvalue weighted by atomic mass is 10.4. The Labute approximate surface area is 85.2 Å². The smallest absolute Gasteiger partial charge is 0.0552 e. The number of hydrogen-bond donors (Lipinski definition) is 1. The van der Waals surface area contributed by atoms with Gasteiger partial charge in [0.05, 0.1) is 6.61 Å². The second kappa shape index (κ2) is 7.62. The zero-order chi connectivity index (χ0) is 9.36. The average molecular weight is 204 g/mol. The maximum absolute atomic E-state index is 4.99. The Morgan fingerprint density at radius 1 is 1.31 bits per heavy atom. The Morgan fingerprint density at radius 3 is 2.77 bits per heavy atom. The summed E-state index contributed by atoms with van der Waals surface area (Å²) < 4.78 is 4.99. The Balaban J connectivity index is 1.86. The van der Waals surface area contributed by atoms with Gasteiger partial charge in [0.25, 0.3) is 0 Å². The van der Waals surface area contributed by atoms with Crippen molar-refractivity contribution in [3.63, 3.8) is 0 Å². The van der Waals surface area contributed by atoms with Crippen molar-refractivity contribution < 1.29 is 4.74 Å². The van der Waals surface area contributed by atoms with E-state index in [-0.39, 0.29) is 0 Å². The van der Waals surface area contributed by atoms with E-state index in [1.54, 1.807) is 7.11 Å². The van der Waals surface area contributed by atoms with Crippen LogP contribution in [0.5, 0.6) is 0 Å². The van der Waals surface area contributed by atoms with Gasteiger partial charge in [-0.2, -0.15) is 11.8 Å². The number of methoxy groups -OCH3 is 1. The molecule has 4 heteroatoms. The van der Waals surface area contributed by atoms with Crippen LogP contribution in [-0.2, 0) is 4.74 Å². The highest BCUT2D eigenvalue weighted by molar-refractivity contribution is 7.99. The van der Waals surface area contributed by atoms with E-state index >= 15 is 0 Å². The van der Waals surface area contributed by atoms with E-state index in [4.69, 9.17) is 4.74 Å². The van der Waals surface area contributed by atoms with E-state index in [2.05, 4.69) is 10.2 Å². The summed E-state index contributed by atoms with van der Waals surface area (Å²) in [5.74, 6) is 2.37. The molecule has 0 aliphatic carbocycles. The van der Waals surface area contributed by atoms with Gasteiger partial charge in [0, 0.05) is 51.3 Å². The normalized spacial score (nSPS) is 19.2. The third kappa shape index (κ3) is 5.52. The first kappa shape index (κ1) is 11.3. The standard InChI is InChI=1S/C9H20N2OS/c1-12-7-9-13-8-6-11-4-2-10-3-5-11/h10H,2-9H2,1H3. The van der Waals surface area contributed by atoms with Gasteiger partial charge >= 0.3 is 0 Å². The second-order valence-corrected chi connectivity index (χ2v) is 4.42. The summed E-state index contributed by atoms with van der Waals surface area (Å²) in [6.45, 7) is 6.85. The molecule has 1 heterocycles. The summed E-state index contributed by atoms with van der Waals surface area (Å²) in [6, 6.07) is 0. The van der Waals surface area contributed by atoms with Gasteiger partial charge in [0.2, 0.25) is 0 Å². The minimum Gasteiger partial charge on any atom is -0.384 e. The predicted octanol–water partition coefficient (Wildman–Crippen LogP) is 0.271. The molecular weight excluding hydrogens is 184 g/mol. The van der Waals surface area contributed by atoms with E-state index in [0.717, 1.165) is 25.4 Å². The molecule has 0 saturated carbocycles. The van der Waals surface area contributed by atoms with Crippen LogP contribution in [0.2, 0.25) is 0 Å². The third-order valence-electron chi connectivity index (χ3n) is 2.19. The molecule has 1 rings (SSSR count). The molecule has 1 aliphatic heterocycles. The third-order valence-corrected chi connectivity index (χ3v) is 3.12. The fraction of sp³-hybridized carbons (Fsp3) is 1.00. The molecule has 0 spiro atoms. The van der Waals surface area contributed by atoms with Crippen molar-refractivity contribution in [2.45, 2.75) is 0 Å². The first-order valence-corrected chi connectivity index (χ1v) is 6.08. The highest BCUT2D eigenvalue weighted by Gasteiger charge is 2.07. The number of ether oxygens (including phenoxy) is 1. The minimum absolute atomic E-state index is 0.881. The lowest BCUT2D eigenvalue weighted by Crippen LogP contribution is -2.44. The summed E-state index contributed by atoms with van der Waals surface area (Å²) in [5.41, 5.74) is 0. The number of rotatable bonds is 6. The quantitative estimate of drug-likeness (QED) is 0.628. The predicted molar refractivity (Wildman–Crippen MR) is 58.5 cm³/mol. The molecule has 0 aromatic carbocycles. The number of thioether (sulfide) groups is 1. The minimum atomic E-state index is 0.881. The van der Waals surface area contributed by atoms with Crippen molar-refractivity contribution in [1.82, 2.24) is 10.2 Å². The lowest BCUT2D eigenvalue weighted by molar-refractivity contribution is 0.218. The molecule has 13 heavy (non-hydrogen) atoms. The van der Waals surface area contributed by atoms with Gasteiger partial charge in [-0.1, -0.05) is 0 Å². The van der Waals surface area contributed by atoms with Crippen molar-refractivity contribution in [3.05, 3.63) is 0 Å². The van der Waals surface area contributed by atoms with Crippen molar-refractivity contribution in [2.24, 2.45) is 0 Å². The molecular formula is C9H20N2OS. The highest BCUT2D eigenvalue weighted by Crippen LogP contribution is 2.01. The largest absolute Gasteiger partial charge is 0.384 e. The summed E-state index contributed by atoms with van der Waals surface area (Å²) in [4.78, 5) is 2.52. The molecule has 1 fully saturated rings. The first-order chi connectivity index (χ1) is 6.43. The Hall–Kier alpha value is 0.230. The van der Waals surface area contributed by atoms with E-state index in [0.29, 0.717) is 0 Å². The molecule has 78 valence electrons. The second-order valence-electron chi connectivity index (χ2n) is 3.20. The highest BCUT2D eigenvalue weighted by atomic mass is 32.2. The van der Waals surface area contributed by atoms with Crippen molar-refractivity contribution in [3.8, 4) is 0 Å². The Kier molecular flexibility index (Phi) is 6.62. The SMILES string of the molecule is COCCSCCN1CCNCC1.